The molecule has 0 spiro atoms. The van der Waals surface area contributed by atoms with Gasteiger partial charge in [-0.05, 0) is 25.7 Å². The van der Waals surface area contributed by atoms with Crippen molar-refractivity contribution in [2.75, 3.05) is 6.61 Å². The maximum atomic E-state index is 11.4. The van der Waals surface area contributed by atoms with Crippen LogP contribution in [0, 0.1) is 17.8 Å². The van der Waals surface area contributed by atoms with E-state index in [9.17, 15) is 9.59 Å². The summed E-state index contributed by atoms with van der Waals surface area (Å²) >= 11 is 0. The molecule has 0 bridgehead atoms. The van der Waals surface area contributed by atoms with Crippen LogP contribution in [-0.2, 0) is 14.3 Å². The normalized spacial score (nSPS) is 36.7. The molecule has 0 heterocycles. The van der Waals surface area contributed by atoms with Crippen molar-refractivity contribution in [3.05, 3.63) is 0 Å². The van der Waals surface area contributed by atoms with Gasteiger partial charge in [0.1, 0.15) is 5.78 Å². The lowest BCUT2D eigenvalue weighted by Crippen LogP contribution is -2.39. The van der Waals surface area contributed by atoms with Gasteiger partial charge in [0.15, 0.2) is 0 Å². The second-order valence-corrected chi connectivity index (χ2v) is 3.89. The molecule has 3 atom stereocenters. The average Bonchev–Trinajstić information content (AvgIpc) is 2.42. The molecule has 0 aromatic heterocycles. The Balaban J connectivity index is 2.00. The van der Waals surface area contributed by atoms with E-state index in [0.29, 0.717) is 18.9 Å². The molecule has 3 unspecified atom stereocenters. The minimum Gasteiger partial charge on any atom is -0.466 e. The lowest BCUT2D eigenvalue weighted by atomic mass is 9.71. The van der Waals surface area contributed by atoms with Gasteiger partial charge in [-0.15, -0.1) is 0 Å². The van der Waals surface area contributed by atoms with Crippen molar-refractivity contribution in [3.63, 3.8) is 0 Å². The summed E-state index contributed by atoms with van der Waals surface area (Å²) in [6.45, 7) is 2.22. The van der Waals surface area contributed by atoms with E-state index in [1.54, 1.807) is 6.92 Å². The Morgan fingerprint density at radius 3 is 2.92 bits per heavy atom. The quantitative estimate of drug-likeness (QED) is 0.602. The second kappa shape index (κ2) is 3.13. The molecule has 0 amide bonds. The number of esters is 1. The molecule has 3 heteroatoms. The first-order valence-corrected chi connectivity index (χ1v) is 4.93. The minimum absolute atomic E-state index is 0.0130. The van der Waals surface area contributed by atoms with Crippen LogP contribution in [0.2, 0.25) is 0 Å². The highest BCUT2D eigenvalue weighted by Crippen LogP contribution is 2.48. The zero-order chi connectivity index (χ0) is 9.42. The lowest BCUT2D eigenvalue weighted by molar-refractivity contribution is -0.154. The maximum Gasteiger partial charge on any atom is 0.309 e. The maximum absolute atomic E-state index is 11.4. The van der Waals surface area contributed by atoms with Gasteiger partial charge in [0.25, 0.3) is 0 Å². The number of Topliss-reactive ketones (excluding diaryl/α,β-unsaturated/α-hetero) is 1. The summed E-state index contributed by atoms with van der Waals surface area (Å²) in [6, 6.07) is 0. The molecule has 0 N–H and O–H groups in total. The van der Waals surface area contributed by atoms with Crippen molar-refractivity contribution in [2.24, 2.45) is 17.8 Å². The molecule has 2 aliphatic carbocycles. The Morgan fingerprint density at radius 1 is 1.54 bits per heavy atom. The fraction of sp³-hybridized carbons (Fsp3) is 0.800. The van der Waals surface area contributed by atoms with Crippen LogP contribution in [-0.4, -0.2) is 18.4 Å². The number of hydrogen-bond donors (Lipinski definition) is 0. The van der Waals surface area contributed by atoms with E-state index >= 15 is 0 Å². The highest BCUT2D eigenvalue weighted by molar-refractivity contribution is 5.92. The predicted octanol–water partition coefficient (Wildman–Crippen LogP) is 1.16. The van der Waals surface area contributed by atoms with Gasteiger partial charge in [0, 0.05) is 12.3 Å². The Bertz CT molecular complexity index is 247. The first-order chi connectivity index (χ1) is 6.24. The van der Waals surface area contributed by atoms with Crippen molar-refractivity contribution in [2.45, 2.75) is 26.2 Å². The molecule has 2 rings (SSSR count). The van der Waals surface area contributed by atoms with Gasteiger partial charge in [-0.2, -0.15) is 0 Å². The van der Waals surface area contributed by atoms with E-state index in [4.69, 9.17) is 4.74 Å². The fourth-order valence-electron chi connectivity index (χ4n) is 2.55. The van der Waals surface area contributed by atoms with E-state index in [2.05, 4.69) is 0 Å². The molecular weight excluding hydrogens is 168 g/mol. The summed E-state index contributed by atoms with van der Waals surface area (Å²) in [5, 5.41) is 0. The summed E-state index contributed by atoms with van der Waals surface area (Å²) in [7, 11) is 0. The van der Waals surface area contributed by atoms with Gasteiger partial charge in [-0.25, -0.2) is 0 Å². The van der Waals surface area contributed by atoms with Crippen LogP contribution in [0.4, 0.5) is 0 Å². The second-order valence-electron chi connectivity index (χ2n) is 3.89. The molecule has 0 aromatic carbocycles. The predicted molar refractivity (Wildman–Crippen MR) is 46.0 cm³/mol. The molecule has 3 nitrogen and oxygen atoms in total. The van der Waals surface area contributed by atoms with Crippen LogP contribution < -0.4 is 0 Å². The van der Waals surface area contributed by atoms with Crippen LogP contribution in [0.25, 0.3) is 0 Å². The Morgan fingerprint density at radius 2 is 2.31 bits per heavy atom. The molecule has 0 saturated heterocycles. The molecule has 2 fully saturated rings. The molecule has 2 aliphatic rings. The monoisotopic (exact) mass is 182 g/mol. The van der Waals surface area contributed by atoms with Crippen molar-refractivity contribution in [1.29, 1.82) is 0 Å². The van der Waals surface area contributed by atoms with Crippen molar-refractivity contribution >= 4 is 11.8 Å². The summed E-state index contributed by atoms with van der Waals surface area (Å²) in [5.41, 5.74) is 0. The summed E-state index contributed by atoms with van der Waals surface area (Å²) in [6.07, 6.45) is 2.57. The molecule has 2 saturated carbocycles. The number of fused-ring (bicyclic) bond motifs is 1. The van der Waals surface area contributed by atoms with Crippen LogP contribution in [0.3, 0.4) is 0 Å². The summed E-state index contributed by atoms with van der Waals surface area (Å²) in [5.74, 6) is 0.482. The number of ketones is 1. The van der Waals surface area contributed by atoms with E-state index in [1.165, 1.54) is 0 Å². The third kappa shape index (κ3) is 1.26. The zero-order valence-electron chi connectivity index (χ0n) is 7.79. The molecular formula is C10H14O3. The summed E-state index contributed by atoms with van der Waals surface area (Å²) in [4.78, 5) is 22.6. The first kappa shape index (κ1) is 8.73. The topological polar surface area (TPSA) is 43.4 Å². The Hall–Kier alpha value is -0.860. The van der Waals surface area contributed by atoms with E-state index < -0.39 is 0 Å². The number of carbonyl (C=O) groups excluding carboxylic acids is 2. The first-order valence-electron chi connectivity index (χ1n) is 4.93. The largest absolute Gasteiger partial charge is 0.466 e. The van der Waals surface area contributed by atoms with Gasteiger partial charge in [0.05, 0.1) is 12.5 Å². The molecule has 13 heavy (non-hydrogen) atoms. The van der Waals surface area contributed by atoms with Crippen LogP contribution in [0.15, 0.2) is 0 Å². The van der Waals surface area contributed by atoms with E-state index in [1.807, 2.05) is 0 Å². The Kier molecular flexibility index (Phi) is 2.10. The van der Waals surface area contributed by atoms with Crippen molar-refractivity contribution in [1.82, 2.24) is 0 Å². The van der Waals surface area contributed by atoms with Crippen LogP contribution in [0.1, 0.15) is 26.2 Å². The number of carbonyl (C=O) groups is 2. The standard InChI is InChI=1S/C10H14O3/c1-2-13-10(12)7-4-3-6-5-8(11)9(6)7/h6-7,9H,2-5H2,1H3. The van der Waals surface area contributed by atoms with Gasteiger partial charge in [-0.1, -0.05) is 0 Å². The zero-order valence-corrected chi connectivity index (χ0v) is 7.79. The fourth-order valence-corrected chi connectivity index (χ4v) is 2.55. The smallest absolute Gasteiger partial charge is 0.309 e. The average molecular weight is 182 g/mol. The molecule has 0 aliphatic heterocycles. The highest BCUT2D eigenvalue weighted by atomic mass is 16.5. The number of hydrogen-bond acceptors (Lipinski definition) is 3. The molecule has 0 aromatic rings. The number of ether oxygens (including phenoxy) is 1. The lowest BCUT2D eigenvalue weighted by Gasteiger charge is -2.31. The number of rotatable bonds is 2. The summed E-state index contributed by atoms with van der Waals surface area (Å²) < 4.78 is 4.94. The minimum atomic E-state index is -0.164. The third-order valence-electron chi connectivity index (χ3n) is 3.21. The van der Waals surface area contributed by atoms with Gasteiger partial charge >= 0.3 is 5.97 Å². The van der Waals surface area contributed by atoms with Crippen molar-refractivity contribution in [3.8, 4) is 0 Å². The van der Waals surface area contributed by atoms with E-state index in [-0.39, 0.29) is 23.6 Å². The molecule has 0 radical (unpaired) electrons. The van der Waals surface area contributed by atoms with Gasteiger partial charge in [0.2, 0.25) is 0 Å². The van der Waals surface area contributed by atoms with Gasteiger partial charge < -0.3 is 4.74 Å². The molecule has 72 valence electrons. The van der Waals surface area contributed by atoms with E-state index in [0.717, 1.165) is 12.8 Å². The van der Waals surface area contributed by atoms with Crippen LogP contribution >= 0.6 is 0 Å². The highest BCUT2D eigenvalue weighted by Gasteiger charge is 2.51. The van der Waals surface area contributed by atoms with Gasteiger partial charge in [-0.3, -0.25) is 9.59 Å². The SMILES string of the molecule is CCOC(=O)C1CCC2CC(=O)C21. The Labute approximate surface area is 77.4 Å². The van der Waals surface area contributed by atoms with Crippen molar-refractivity contribution < 1.29 is 14.3 Å². The third-order valence-corrected chi connectivity index (χ3v) is 3.21. The van der Waals surface area contributed by atoms with Crippen LogP contribution in [0.5, 0.6) is 0 Å².